The van der Waals surface area contributed by atoms with E-state index in [1.807, 2.05) is 30.0 Å². The highest BCUT2D eigenvalue weighted by Gasteiger charge is 2.36. The molecule has 3 nitrogen and oxygen atoms in total. The molecule has 1 aromatic rings. The summed E-state index contributed by atoms with van der Waals surface area (Å²) in [6, 6.07) is 6.36. The minimum atomic E-state index is 0.173. The molecule has 1 aromatic carbocycles. The Bertz CT molecular complexity index is 489. The van der Waals surface area contributed by atoms with Crippen molar-refractivity contribution < 1.29 is 4.79 Å². The van der Waals surface area contributed by atoms with Crippen LogP contribution in [0.4, 0.5) is 0 Å². The van der Waals surface area contributed by atoms with Crippen LogP contribution in [0, 0.1) is 12.8 Å². The molecule has 0 bridgehead atoms. The topological polar surface area (TPSA) is 32.3 Å². The lowest BCUT2D eigenvalue weighted by Crippen LogP contribution is -2.41. The number of aryl methyl sites for hydroxylation is 1. The fraction of sp³-hybridized carbons (Fsp3) is 0.533. The third-order valence-corrected chi connectivity index (χ3v) is 5.18. The van der Waals surface area contributed by atoms with E-state index >= 15 is 0 Å². The summed E-state index contributed by atoms with van der Waals surface area (Å²) >= 11 is 3.48. The summed E-state index contributed by atoms with van der Waals surface area (Å²) in [5, 5.41) is 3.54. The molecule has 0 aromatic heterocycles. The van der Waals surface area contributed by atoms with Gasteiger partial charge in [-0.05, 0) is 56.0 Å². The first-order valence-electron chi connectivity index (χ1n) is 6.94. The number of carbonyl (C=O) groups is 1. The highest BCUT2D eigenvalue weighted by atomic mass is 79.9. The Balaban J connectivity index is 1.75. The molecule has 0 radical (unpaired) electrons. The minimum absolute atomic E-state index is 0.173. The molecule has 2 aliphatic rings. The van der Waals surface area contributed by atoms with E-state index in [-0.39, 0.29) is 5.91 Å². The molecule has 102 valence electrons. The number of halogens is 1. The Morgan fingerprint density at radius 2 is 2.26 bits per heavy atom. The highest BCUT2D eigenvalue weighted by Crippen LogP contribution is 2.26. The average Bonchev–Trinajstić information content (AvgIpc) is 2.85. The zero-order valence-electron chi connectivity index (χ0n) is 11.2. The number of likely N-dealkylation sites (tertiary alicyclic amines) is 1. The van der Waals surface area contributed by atoms with Crippen molar-refractivity contribution in [2.75, 3.05) is 19.6 Å². The van der Waals surface area contributed by atoms with Gasteiger partial charge in [-0.3, -0.25) is 4.79 Å². The second-order valence-corrected chi connectivity index (χ2v) is 6.49. The quantitative estimate of drug-likeness (QED) is 0.862. The number of rotatable bonds is 1. The summed E-state index contributed by atoms with van der Waals surface area (Å²) in [5.41, 5.74) is 1.92. The first-order chi connectivity index (χ1) is 9.15. The molecule has 0 spiro atoms. The molecule has 2 heterocycles. The molecule has 4 heteroatoms. The van der Waals surface area contributed by atoms with E-state index in [0.717, 1.165) is 35.2 Å². The lowest BCUT2D eigenvalue weighted by atomic mass is 9.94. The van der Waals surface area contributed by atoms with Gasteiger partial charge in [0.15, 0.2) is 0 Å². The smallest absolute Gasteiger partial charge is 0.253 e. The fourth-order valence-electron chi connectivity index (χ4n) is 3.17. The Morgan fingerprint density at radius 3 is 3.00 bits per heavy atom. The molecule has 2 unspecified atom stereocenters. The molecule has 2 saturated heterocycles. The lowest BCUT2D eigenvalue weighted by molar-refractivity contribution is 0.0785. The van der Waals surface area contributed by atoms with Crippen molar-refractivity contribution in [1.82, 2.24) is 10.2 Å². The van der Waals surface area contributed by atoms with Crippen LogP contribution in [0.2, 0.25) is 0 Å². The van der Waals surface area contributed by atoms with E-state index in [0.29, 0.717) is 12.0 Å². The Kier molecular flexibility index (Phi) is 3.63. The van der Waals surface area contributed by atoms with E-state index in [1.54, 1.807) is 0 Å². The van der Waals surface area contributed by atoms with Crippen LogP contribution >= 0.6 is 15.9 Å². The molecule has 2 aliphatic heterocycles. The largest absolute Gasteiger partial charge is 0.337 e. The zero-order chi connectivity index (χ0) is 13.4. The minimum Gasteiger partial charge on any atom is -0.337 e. The summed E-state index contributed by atoms with van der Waals surface area (Å²) in [5.74, 6) is 0.820. The molecule has 2 atom stereocenters. The second kappa shape index (κ2) is 5.25. The standard InChI is InChI=1S/C15H19BrN2O/c1-10-7-11(4-5-13(10)16)15(19)18-8-12-3-2-6-17-14(12)9-18/h4-5,7,12,14,17H,2-3,6,8-9H2,1H3. The van der Waals surface area contributed by atoms with Crippen molar-refractivity contribution in [2.45, 2.75) is 25.8 Å². The number of nitrogens with one attached hydrogen (secondary N) is 1. The van der Waals surface area contributed by atoms with Crippen LogP contribution in [0.1, 0.15) is 28.8 Å². The number of hydrogen-bond donors (Lipinski definition) is 1. The van der Waals surface area contributed by atoms with Crippen molar-refractivity contribution in [3.05, 3.63) is 33.8 Å². The van der Waals surface area contributed by atoms with E-state index < -0.39 is 0 Å². The molecule has 2 fully saturated rings. The van der Waals surface area contributed by atoms with E-state index in [2.05, 4.69) is 21.2 Å². The monoisotopic (exact) mass is 322 g/mol. The van der Waals surface area contributed by atoms with E-state index in [9.17, 15) is 4.79 Å². The van der Waals surface area contributed by atoms with Crippen LogP contribution < -0.4 is 5.32 Å². The van der Waals surface area contributed by atoms with Crippen molar-refractivity contribution in [1.29, 1.82) is 0 Å². The van der Waals surface area contributed by atoms with Gasteiger partial charge in [0.25, 0.3) is 5.91 Å². The van der Waals surface area contributed by atoms with Crippen molar-refractivity contribution in [3.63, 3.8) is 0 Å². The number of fused-ring (bicyclic) bond motifs is 1. The van der Waals surface area contributed by atoms with Crippen LogP contribution in [0.25, 0.3) is 0 Å². The van der Waals surface area contributed by atoms with Gasteiger partial charge >= 0.3 is 0 Å². The van der Waals surface area contributed by atoms with Crippen LogP contribution in [0.5, 0.6) is 0 Å². The van der Waals surface area contributed by atoms with Gasteiger partial charge in [0.2, 0.25) is 0 Å². The van der Waals surface area contributed by atoms with Crippen LogP contribution in [-0.2, 0) is 0 Å². The van der Waals surface area contributed by atoms with Crippen LogP contribution in [-0.4, -0.2) is 36.5 Å². The second-order valence-electron chi connectivity index (χ2n) is 5.64. The predicted octanol–water partition coefficient (Wildman–Crippen LogP) is 2.58. The summed E-state index contributed by atoms with van der Waals surface area (Å²) in [7, 11) is 0. The predicted molar refractivity (Wildman–Crippen MR) is 79.3 cm³/mol. The van der Waals surface area contributed by atoms with Crippen LogP contribution in [0.15, 0.2) is 22.7 Å². The first-order valence-corrected chi connectivity index (χ1v) is 7.73. The maximum Gasteiger partial charge on any atom is 0.253 e. The van der Waals surface area contributed by atoms with Gasteiger partial charge in [-0.15, -0.1) is 0 Å². The number of nitrogens with zero attached hydrogens (tertiary/aromatic N) is 1. The van der Waals surface area contributed by atoms with Crippen molar-refractivity contribution in [3.8, 4) is 0 Å². The maximum absolute atomic E-state index is 12.5. The fourth-order valence-corrected chi connectivity index (χ4v) is 3.42. The Morgan fingerprint density at radius 1 is 1.42 bits per heavy atom. The third-order valence-electron chi connectivity index (χ3n) is 4.29. The third kappa shape index (κ3) is 2.56. The average molecular weight is 323 g/mol. The number of piperidine rings is 1. The van der Waals surface area contributed by atoms with Gasteiger partial charge in [0, 0.05) is 29.2 Å². The number of hydrogen-bond acceptors (Lipinski definition) is 2. The van der Waals surface area contributed by atoms with Gasteiger partial charge in [-0.1, -0.05) is 15.9 Å². The summed E-state index contributed by atoms with van der Waals surface area (Å²) in [6.07, 6.45) is 2.49. The normalized spacial score (nSPS) is 26.3. The molecule has 0 saturated carbocycles. The van der Waals surface area contributed by atoms with Gasteiger partial charge < -0.3 is 10.2 Å². The molecule has 1 N–H and O–H groups in total. The first kappa shape index (κ1) is 13.1. The zero-order valence-corrected chi connectivity index (χ0v) is 12.7. The van der Waals surface area contributed by atoms with E-state index in [4.69, 9.17) is 0 Å². The number of carbonyl (C=O) groups excluding carboxylic acids is 1. The Labute approximate surface area is 122 Å². The number of amides is 1. The molecule has 0 aliphatic carbocycles. The van der Waals surface area contributed by atoms with Gasteiger partial charge in [-0.25, -0.2) is 0 Å². The molecule has 19 heavy (non-hydrogen) atoms. The maximum atomic E-state index is 12.5. The molecule has 3 rings (SSSR count). The summed E-state index contributed by atoms with van der Waals surface area (Å²) < 4.78 is 1.06. The van der Waals surface area contributed by atoms with Gasteiger partial charge in [0.1, 0.15) is 0 Å². The van der Waals surface area contributed by atoms with Gasteiger partial charge in [0.05, 0.1) is 0 Å². The molecular formula is C15H19BrN2O. The number of benzene rings is 1. The lowest BCUT2D eigenvalue weighted by Gasteiger charge is -2.24. The highest BCUT2D eigenvalue weighted by molar-refractivity contribution is 9.10. The summed E-state index contributed by atoms with van der Waals surface area (Å²) in [4.78, 5) is 14.5. The van der Waals surface area contributed by atoms with Gasteiger partial charge in [-0.2, -0.15) is 0 Å². The SMILES string of the molecule is Cc1cc(C(=O)N2CC3CCCNC3C2)ccc1Br. The van der Waals surface area contributed by atoms with E-state index in [1.165, 1.54) is 12.8 Å². The van der Waals surface area contributed by atoms with Crippen LogP contribution in [0.3, 0.4) is 0 Å². The molecule has 1 amide bonds. The molecular weight excluding hydrogens is 304 g/mol. The summed E-state index contributed by atoms with van der Waals surface area (Å²) in [6.45, 7) is 4.89. The Hall–Kier alpha value is -0.870. The van der Waals surface area contributed by atoms with Crippen molar-refractivity contribution in [2.24, 2.45) is 5.92 Å². The van der Waals surface area contributed by atoms with Crippen molar-refractivity contribution >= 4 is 21.8 Å².